The third-order valence-corrected chi connectivity index (χ3v) is 3.87. The number of rotatable bonds is 5. The summed E-state index contributed by atoms with van der Waals surface area (Å²) in [6.07, 6.45) is 1.62. The van der Waals surface area contributed by atoms with E-state index in [1.165, 1.54) is 12.1 Å². The van der Waals surface area contributed by atoms with Crippen LogP contribution < -0.4 is 10.6 Å². The average Bonchev–Trinajstić information content (AvgIpc) is 2.58. The van der Waals surface area contributed by atoms with E-state index >= 15 is 0 Å². The van der Waals surface area contributed by atoms with Crippen molar-refractivity contribution in [3.05, 3.63) is 76.2 Å². The molecule has 1 aromatic heterocycles. The summed E-state index contributed by atoms with van der Waals surface area (Å²) in [4.78, 5) is 8.51. The Balaban J connectivity index is 1.71. The number of hydrogen-bond donors (Lipinski definition) is 2. The van der Waals surface area contributed by atoms with E-state index in [4.69, 9.17) is 23.2 Å². The molecule has 2 N–H and O–H groups in total. The molecule has 0 saturated heterocycles. The molecule has 0 spiro atoms. The van der Waals surface area contributed by atoms with Crippen molar-refractivity contribution >= 4 is 40.7 Å². The highest BCUT2D eigenvalue weighted by Gasteiger charge is 2.07. The van der Waals surface area contributed by atoms with Crippen molar-refractivity contribution in [3.8, 4) is 0 Å². The predicted molar refractivity (Wildman–Crippen MR) is 95.5 cm³/mol. The van der Waals surface area contributed by atoms with Gasteiger partial charge in [0.15, 0.2) is 0 Å². The molecule has 24 heavy (non-hydrogen) atoms. The van der Waals surface area contributed by atoms with E-state index in [9.17, 15) is 4.39 Å². The van der Waals surface area contributed by atoms with Crippen LogP contribution in [-0.4, -0.2) is 9.97 Å². The number of nitrogens with zero attached hydrogens (tertiary/aromatic N) is 2. The molecule has 4 nitrogen and oxygen atoms in total. The van der Waals surface area contributed by atoms with Gasteiger partial charge in [-0.2, -0.15) is 4.98 Å². The first kappa shape index (κ1) is 16.5. The predicted octanol–water partition coefficient (Wildman–Crippen LogP) is 5.28. The number of halogens is 3. The van der Waals surface area contributed by atoms with Crippen molar-refractivity contribution in [1.29, 1.82) is 0 Å². The third-order valence-electron chi connectivity index (χ3n) is 3.24. The first-order valence-corrected chi connectivity index (χ1v) is 7.90. The number of para-hydroxylation sites is 1. The minimum Gasteiger partial charge on any atom is -0.350 e. The van der Waals surface area contributed by atoms with Crippen LogP contribution in [0.4, 0.5) is 21.8 Å². The van der Waals surface area contributed by atoms with Crippen LogP contribution >= 0.6 is 23.2 Å². The summed E-state index contributed by atoms with van der Waals surface area (Å²) in [5.41, 5.74) is 1.51. The van der Waals surface area contributed by atoms with Crippen LogP contribution in [0.3, 0.4) is 0 Å². The van der Waals surface area contributed by atoms with Gasteiger partial charge in [0.05, 0.1) is 15.7 Å². The molecule has 3 rings (SSSR count). The Kier molecular flexibility index (Phi) is 5.13. The van der Waals surface area contributed by atoms with E-state index < -0.39 is 0 Å². The van der Waals surface area contributed by atoms with Crippen molar-refractivity contribution in [1.82, 2.24) is 9.97 Å². The van der Waals surface area contributed by atoms with Gasteiger partial charge in [0, 0.05) is 12.7 Å². The summed E-state index contributed by atoms with van der Waals surface area (Å²) in [6.45, 7) is 0.483. The number of hydrogen-bond acceptors (Lipinski definition) is 4. The summed E-state index contributed by atoms with van der Waals surface area (Å²) in [5, 5.41) is 7.17. The molecule has 122 valence electrons. The molecule has 7 heteroatoms. The highest BCUT2D eigenvalue weighted by atomic mass is 35.5. The van der Waals surface area contributed by atoms with Crippen molar-refractivity contribution in [2.24, 2.45) is 0 Å². The Morgan fingerprint density at radius 3 is 2.38 bits per heavy atom. The van der Waals surface area contributed by atoms with Gasteiger partial charge in [-0.1, -0.05) is 41.4 Å². The number of nitrogens with one attached hydrogen (secondary N) is 2. The molecule has 0 radical (unpaired) electrons. The lowest BCUT2D eigenvalue weighted by molar-refractivity contribution is 0.627. The van der Waals surface area contributed by atoms with E-state index in [-0.39, 0.29) is 5.82 Å². The second-order valence-corrected chi connectivity index (χ2v) is 5.78. The monoisotopic (exact) mass is 362 g/mol. The summed E-state index contributed by atoms with van der Waals surface area (Å²) < 4.78 is 12.9. The first-order chi connectivity index (χ1) is 11.6. The number of anilines is 3. The molecule has 0 bridgehead atoms. The fraction of sp³-hybridized carbons (Fsp3) is 0.0588. The molecule has 0 atom stereocenters. The van der Waals surface area contributed by atoms with Gasteiger partial charge in [0.1, 0.15) is 11.6 Å². The summed E-state index contributed by atoms with van der Waals surface area (Å²) in [5.74, 6) is 0.729. The SMILES string of the molecule is Fc1ccc(CNc2nccc(Nc3c(Cl)cccc3Cl)n2)cc1. The van der Waals surface area contributed by atoms with Gasteiger partial charge in [-0.3, -0.25) is 0 Å². The Labute approximate surface area is 148 Å². The van der Waals surface area contributed by atoms with Gasteiger partial charge in [0.2, 0.25) is 5.95 Å². The minimum atomic E-state index is -0.266. The van der Waals surface area contributed by atoms with Crippen LogP contribution in [0.15, 0.2) is 54.7 Å². The highest BCUT2D eigenvalue weighted by molar-refractivity contribution is 6.39. The molecular weight excluding hydrogens is 350 g/mol. The van der Waals surface area contributed by atoms with Crippen LogP contribution in [0.2, 0.25) is 10.0 Å². The second-order valence-electron chi connectivity index (χ2n) is 4.97. The van der Waals surface area contributed by atoms with Crippen molar-refractivity contribution in [3.63, 3.8) is 0 Å². The van der Waals surface area contributed by atoms with Gasteiger partial charge in [0.25, 0.3) is 0 Å². The molecular formula is C17H13Cl2FN4. The maximum Gasteiger partial charge on any atom is 0.224 e. The van der Waals surface area contributed by atoms with Gasteiger partial charge in [-0.05, 0) is 35.9 Å². The van der Waals surface area contributed by atoms with Crippen LogP contribution in [0, 0.1) is 5.82 Å². The van der Waals surface area contributed by atoms with E-state index in [0.717, 1.165) is 5.56 Å². The Bertz CT molecular complexity index is 820. The lowest BCUT2D eigenvalue weighted by Gasteiger charge is -2.11. The summed E-state index contributed by atoms with van der Waals surface area (Å²) in [7, 11) is 0. The van der Waals surface area contributed by atoms with E-state index in [0.29, 0.717) is 34.0 Å². The van der Waals surface area contributed by atoms with Crippen LogP contribution in [-0.2, 0) is 6.54 Å². The zero-order valence-electron chi connectivity index (χ0n) is 12.4. The topological polar surface area (TPSA) is 49.8 Å². The molecule has 0 aliphatic heterocycles. The fourth-order valence-corrected chi connectivity index (χ4v) is 2.53. The van der Waals surface area contributed by atoms with Crippen molar-refractivity contribution < 1.29 is 4.39 Å². The van der Waals surface area contributed by atoms with Gasteiger partial charge < -0.3 is 10.6 Å². The Morgan fingerprint density at radius 2 is 1.67 bits per heavy atom. The van der Waals surface area contributed by atoms with Gasteiger partial charge >= 0.3 is 0 Å². The number of aromatic nitrogens is 2. The molecule has 0 unspecified atom stereocenters. The van der Waals surface area contributed by atoms with E-state index in [1.54, 1.807) is 42.6 Å². The van der Waals surface area contributed by atoms with Crippen molar-refractivity contribution in [2.45, 2.75) is 6.54 Å². The van der Waals surface area contributed by atoms with Gasteiger partial charge in [-0.25, -0.2) is 9.37 Å². The van der Waals surface area contributed by atoms with Crippen LogP contribution in [0.1, 0.15) is 5.56 Å². The normalized spacial score (nSPS) is 10.5. The largest absolute Gasteiger partial charge is 0.350 e. The second kappa shape index (κ2) is 7.47. The smallest absolute Gasteiger partial charge is 0.224 e. The molecule has 0 aliphatic carbocycles. The molecule has 0 saturated carbocycles. The quantitative estimate of drug-likeness (QED) is 0.648. The third kappa shape index (κ3) is 4.13. The fourth-order valence-electron chi connectivity index (χ4n) is 2.04. The number of benzene rings is 2. The Hall–Kier alpha value is -2.37. The molecule has 0 amide bonds. The van der Waals surface area contributed by atoms with Crippen LogP contribution in [0.25, 0.3) is 0 Å². The summed E-state index contributed by atoms with van der Waals surface area (Å²) >= 11 is 12.3. The maximum atomic E-state index is 12.9. The lowest BCUT2D eigenvalue weighted by Crippen LogP contribution is -2.05. The molecule has 2 aromatic carbocycles. The van der Waals surface area contributed by atoms with E-state index in [1.807, 2.05) is 0 Å². The first-order valence-electron chi connectivity index (χ1n) is 7.14. The molecule has 3 aromatic rings. The zero-order valence-corrected chi connectivity index (χ0v) is 13.9. The molecule has 0 aliphatic rings. The van der Waals surface area contributed by atoms with Crippen molar-refractivity contribution in [2.75, 3.05) is 10.6 Å². The summed E-state index contributed by atoms with van der Waals surface area (Å²) in [6, 6.07) is 13.2. The highest BCUT2D eigenvalue weighted by Crippen LogP contribution is 2.32. The van der Waals surface area contributed by atoms with Gasteiger partial charge in [-0.15, -0.1) is 0 Å². The lowest BCUT2D eigenvalue weighted by atomic mass is 10.2. The minimum absolute atomic E-state index is 0.266. The molecule has 0 fully saturated rings. The zero-order chi connectivity index (χ0) is 16.9. The average molecular weight is 363 g/mol. The standard InChI is InChI=1S/C17H13Cl2FN4/c18-13-2-1-3-14(19)16(13)23-15-8-9-21-17(24-15)22-10-11-4-6-12(20)7-5-11/h1-9H,10H2,(H2,21,22,23,24). The van der Waals surface area contributed by atoms with E-state index in [2.05, 4.69) is 20.6 Å². The molecule has 1 heterocycles. The van der Waals surface area contributed by atoms with Crippen LogP contribution in [0.5, 0.6) is 0 Å². The Morgan fingerprint density at radius 1 is 0.958 bits per heavy atom. The maximum absolute atomic E-state index is 12.9.